The molecule has 1 aliphatic rings. The molecule has 0 aromatic carbocycles. The highest BCUT2D eigenvalue weighted by Gasteiger charge is 2.21. The molecule has 1 N–H and O–H groups in total. The summed E-state index contributed by atoms with van der Waals surface area (Å²) in [6.07, 6.45) is 1.63. The van der Waals surface area contributed by atoms with Crippen molar-refractivity contribution in [3.8, 4) is 0 Å². The van der Waals surface area contributed by atoms with Gasteiger partial charge < -0.3 is 14.8 Å². The maximum absolute atomic E-state index is 12.2. The summed E-state index contributed by atoms with van der Waals surface area (Å²) in [4.78, 5) is 25.4. The first-order valence-corrected chi connectivity index (χ1v) is 5.77. The molecule has 2 heterocycles. The van der Waals surface area contributed by atoms with Gasteiger partial charge in [-0.3, -0.25) is 9.59 Å². The van der Waals surface area contributed by atoms with Gasteiger partial charge in [-0.2, -0.15) is 0 Å². The molecule has 5 nitrogen and oxygen atoms in total. The van der Waals surface area contributed by atoms with Crippen LogP contribution in [0.5, 0.6) is 0 Å². The van der Waals surface area contributed by atoms with Crippen molar-refractivity contribution in [1.82, 2.24) is 14.8 Å². The molecule has 0 spiro atoms. The summed E-state index contributed by atoms with van der Waals surface area (Å²) in [6.45, 7) is 4.23. The number of nitrogens with one attached hydrogen (secondary N) is 1. The van der Waals surface area contributed by atoms with E-state index in [1.165, 1.54) is 10.6 Å². The van der Waals surface area contributed by atoms with Gasteiger partial charge in [0.25, 0.3) is 11.5 Å². The first-order valence-electron chi connectivity index (χ1n) is 5.77. The van der Waals surface area contributed by atoms with E-state index >= 15 is 0 Å². The molecule has 1 fully saturated rings. The van der Waals surface area contributed by atoms with Crippen molar-refractivity contribution >= 4 is 5.91 Å². The third-order valence-corrected chi connectivity index (χ3v) is 3.01. The Morgan fingerprint density at radius 3 is 2.94 bits per heavy atom. The summed E-state index contributed by atoms with van der Waals surface area (Å²) in [7, 11) is 1.67. The third kappa shape index (κ3) is 2.55. The van der Waals surface area contributed by atoms with Crippen LogP contribution in [0.1, 0.15) is 17.3 Å². The molecule has 92 valence electrons. The quantitative estimate of drug-likeness (QED) is 0.734. The highest BCUT2D eigenvalue weighted by Crippen LogP contribution is 2.05. The van der Waals surface area contributed by atoms with Gasteiger partial charge in [0.15, 0.2) is 0 Å². The number of aromatic nitrogens is 1. The predicted molar refractivity (Wildman–Crippen MR) is 65.1 cm³/mol. The SMILES string of the molecule is C[C@@H]1CN(C(=O)c2ccn(C)c(=O)c2)CCN1. The summed E-state index contributed by atoms with van der Waals surface area (Å²) in [5.41, 5.74) is 0.321. The fourth-order valence-corrected chi connectivity index (χ4v) is 1.98. The Morgan fingerprint density at radius 1 is 1.53 bits per heavy atom. The molecule has 17 heavy (non-hydrogen) atoms. The Labute approximate surface area is 100 Å². The first-order chi connectivity index (χ1) is 8.08. The number of hydrogen-bond acceptors (Lipinski definition) is 3. The van der Waals surface area contributed by atoms with Crippen LogP contribution < -0.4 is 10.9 Å². The fourth-order valence-electron chi connectivity index (χ4n) is 1.98. The number of piperazine rings is 1. The van der Waals surface area contributed by atoms with Crippen LogP contribution in [-0.2, 0) is 7.05 Å². The van der Waals surface area contributed by atoms with E-state index in [1.54, 1.807) is 24.2 Å². The summed E-state index contributed by atoms with van der Waals surface area (Å²) in [6, 6.07) is 3.39. The van der Waals surface area contributed by atoms with E-state index in [9.17, 15) is 9.59 Å². The Kier molecular flexibility index (Phi) is 3.28. The van der Waals surface area contributed by atoms with Crippen LogP contribution in [0.2, 0.25) is 0 Å². The van der Waals surface area contributed by atoms with Crippen LogP contribution >= 0.6 is 0 Å². The minimum Gasteiger partial charge on any atom is -0.336 e. The van der Waals surface area contributed by atoms with Gasteiger partial charge in [-0.15, -0.1) is 0 Å². The number of amides is 1. The topological polar surface area (TPSA) is 54.3 Å². The van der Waals surface area contributed by atoms with Gasteiger partial charge in [-0.1, -0.05) is 0 Å². The molecule has 0 radical (unpaired) electrons. The lowest BCUT2D eigenvalue weighted by molar-refractivity contribution is 0.0709. The van der Waals surface area contributed by atoms with Crippen LogP contribution in [0.15, 0.2) is 23.1 Å². The third-order valence-electron chi connectivity index (χ3n) is 3.01. The second kappa shape index (κ2) is 4.71. The van der Waals surface area contributed by atoms with Crippen molar-refractivity contribution in [2.75, 3.05) is 19.6 Å². The van der Waals surface area contributed by atoms with E-state index in [0.29, 0.717) is 24.7 Å². The lowest BCUT2D eigenvalue weighted by atomic mass is 10.2. The first kappa shape index (κ1) is 11.9. The molecule has 0 bridgehead atoms. The Bertz CT molecular complexity index is 481. The zero-order valence-corrected chi connectivity index (χ0v) is 10.1. The van der Waals surface area contributed by atoms with Gasteiger partial charge in [-0.05, 0) is 13.0 Å². The van der Waals surface area contributed by atoms with Gasteiger partial charge in [-0.25, -0.2) is 0 Å². The number of hydrogen-bond donors (Lipinski definition) is 1. The van der Waals surface area contributed by atoms with Crippen molar-refractivity contribution in [2.45, 2.75) is 13.0 Å². The van der Waals surface area contributed by atoms with Crippen molar-refractivity contribution in [3.05, 3.63) is 34.2 Å². The van der Waals surface area contributed by atoms with E-state index in [-0.39, 0.29) is 11.5 Å². The molecule has 1 saturated heterocycles. The molecule has 5 heteroatoms. The minimum absolute atomic E-state index is 0.0592. The van der Waals surface area contributed by atoms with Gasteiger partial charge in [0.2, 0.25) is 0 Å². The van der Waals surface area contributed by atoms with Crippen LogP contribution in [0.4, 0.5) is 0 Å². The summed E-state index contributed by atoms with van der Waals surface area (Å²) >= 11 is 0. The maximum atomic E-state index is 12.2. The van der Waals surface area contributed by atoms with Gasteiger partial charge in [0.1, 0.15) is 0 Å². The van der Waals surface area contributed by atoms with Gasteiger partial charge in [0.05, 0.1) is 0 Å². The average Bonchev–Trinajstić information content (AvgIpc) is 2.32. The molecule has 0 saturated carbocycles. The highest BCUT2D eigenvalue weighted by molar-refractivity contribution is 5.94. The molecule has 1 aliphatic heterocycles. The minimum atomic E-state index is -0.154. The molecule has 2 rings (SSSR count). The second-order valence-electron chi connectivity index (χ2n) is 4.47. The van der Waals surface area contributed by atoms with E-state index < -0.39 is 0 Å². The second-order valence-corrected chi connectivity index (χ2v) is 4.47. The van der Waals surface area contributed by atoms with Gasteiger partial charge in [0, 0.05) is 50.6 Å². The smallest absolute Gasteiger partial charge is 0.254 e. The van der Waals surface area contributed by atoms with E-state index in [1.807, 2.05) is 6.92 Å². The Morgan fingerprint density at radius 2 is 2.29 bits per heavy atom. The van der Waals surface area contributed by atoms with Crippen LogP contribution in [0.25, 0.3) is 0 Å². The molecular formula is C12H17N3O2. The van der Waals surface area contributed by atoms with E-state index in [2.05, 4.69) is 5.32 Å². The van der Waals surface area contributed by atoms with E-state index in [0.717, 1.165) is 6.54 Å². The van der Waals surface area contributed by atoms with Crippen molar-refractivity contribution < 1.29 is 4.79 Å². The normalized spacial score (nSPS) is 20.4. The number of rotatable bonds is 1. The Hall–Kier alpha value is -1.62. The highest BCUT2D eigenvalue weighted by atomic mass is 16.2. The number of nitrogens with zero attached hydrogens (tertiary/aromatic N) is 2. The van der Waals surface area contributed by atoms with Crippen LogP contribution in [0, 0.1) is 0 Å². The van der Waals surface area contributed by atoms with Crippen molar-refractivity contribution in [3.63, 3.8) is 0 Å². The summed E-state index contributed by atoms with van der Waals surface area (Å²) in [5.74, 6) is -0.0592. The molecule has 1 atom stereocenters. The molecule has 0 unspecified atom stereocenters. The molecule has 1 aromatic heterocycles. The average molecular weight is 235 g/mol. The maximum Gasteiger partial charge on any atom is 0.254 e. The van der Waals surface area contributed by atoms with E-state index in [4.69, 9.17) is 0 Å². The van der Waals surface area contributed by atoms with Gasteiger partial charge >= 0.3 is 0 Å². The van der Waals surface area contributed by atoms with Crippen LogP contribution in [-0.4, -0.2) is 41.1 Å². The molecule has 1 aromatic rings. The van der Waals surface area contributed by atoms with Crippen molar-refractivity contribution in [1.29, 1.82) is 0 Å². The lowest BCUT2D eigenvalue weighted by Crippen LogP contribution is -2.51. The largest absolute Gasteiger partial charge is 0.336 e. The monoisotopic (exact) mass is 235 g/mol. The summed E-state index contributed by atoms with van der Waals surface area (Å²) in [5, 5.41) is 3.28. The number of pyridine rings is 1. The number of carbonyl (C=O) groups excluding carboxylic acids is 1. The predicted octanol–water partition coefficient (Wildman–Crippen LogP) is -0.181. The zero-order chi connectivity index (χ0) is 12.4. The summed E-state index contributed by atoms with van der Waals surface area (Å²) < 4.78 is 1.46. The molecule has 1 amide bonds. The lowest BCUT2D eigenvalue weighted by Gasteiger charge is -2.31. The molecule has 0 aliphatic carbocycles. The van der Waals surface area contributed by atoms with Crippen molar-refractivity contribution in [2.24, 2.45) is 7.05 Å². The number of carbonyl (C=O) groups is 1. The number of aryl methyl sites for hydroxylation is 1. The standard InChI is InChI=1S/C12H17N3O2/c1-9-8-15(6-4-13-9)12(17)10-3-5-14(2)11(16)7-10/h3,5,7,9,13H,4,6,8H2,1-2H3/t9-/m1/s1. The molecular weight excluding hydrogens is 218 g/mol. The fraction of sp³-hybridized carbons (Fsp3) is 0.500. The van der Waals surface area contributed by atoms with Crippen LogP contribution in [0.3, 0.4) is 0 Å². The Balaban J connectivity index is 2.18. The zero-order valence-electron chi connectivity index (χ0n) is 10.1.